The lowest BCUT2D eigenvalue weighted by Crippen LogP contribution is -2.30. The van der Waals surface area contributed by atoms with Crippen LogP contribution in [0, 0.1) is 5.92 Å². The number of ether oxygens (including phenoxy) is 3. The predicted molar refractivity (Wildman–Crippen MR) is 261 cm³/mol. The maximum absolute atomic E-state index is 12.8. The molecule has 0 N–H and O–H groups in total. The molecule has 0 saturated carbocycles. The zero-order valence-electron chi connectivity index (χ0n) is 41.6. The highest BCUT2D eigenvalue weighted by Crippen LogP contribution is 2.18. The van der Waals surface area contributed by atoms with Crippen molar-refractivity contribution >= 4 is 17.9 Å². The zero-order valence-corrected chi connectivity index (χ0v) is 41.6. The molecule has 0 saturated heterocycles. The Balaban J connectivity index is 4.27. The third kappa shape index (κ3) is 47.7. The first-order valence-corrected chi connectivity index (χ1v) is 27.4. The van der Waals surface area contributed by atoms with Gasteiger partial charge in [0.15, 0.2) is 6.10 Å². The van der Waals surface area contributed by atoms with E-state index in [1.165, 1.54) is 205 Å². The van der Waals surface area contributed by atoms with E-state index in [4.69, 9.17) is 14.2 Å². The van der Waals surface area contributed by atoms with Gasteiger partial charge in [-0.05, 0) is 25.2 Å². The third-order valence-electron chi connectivity index (χ3n) is 12.9. The number of carbonyl (C=O) groups excluding carboxylic acids is 3. The highest BCUT2D eigenvalue weighted by Gasteiger charge is 2.19. The number of hydrogen-bond acceptors (Lipinski definition) is 6. The summed E-state index contributed by atoms with van der Waals surface area (Å²) in [7, 11) is 0. The van der Waals surface area contributed by atoms with E-state index in [0.717, 1.165) is 63.7 Å². The standard InChI is InChI=1S/C55H106O6/c1-5-8-10-12-14-16-18-20-21-22-23-24-26-27-29-34-38-42-46-53(56)59-49-52(50-60-54(57)47-43-39-35-32-31-33-37-41-45-51(4)7-3)61-55(58)48-44-40-36-30-28-25-19-17-15-13-11-9-6-2/h51-52H,5-50H2,1-4H3/t51?,52-/m0/s1. The maximum Gasteiger partial charge on any atom is 0.306 e. The molecule has 0 spiro atoms. The third-order valence-corrected chi connectivity index (χ3v) is 12.9. The van der Waals surface area contributed by atoms with Gasteiger partial charge in [-0.1, -0.05) is 272 Å². The summed E-state index contributed by atoms with van der Waals surface area (Å²) < 4.78 is 16.8. The molecule has 1 unspecified atom stereocenters. The Kier molecular flexibility index (Phi) is 48.1. The Morgan fingerprint density at radius 1 is 0.328 bits per heavy atom. The van der Waals surface area contributed by atoms with Crippen molar-refractivity contribution in [2.24, 2.45) is 5.92 Å². The molecule has 0 aromatic carbocycles. The van der Waals surface area contributed by atoms with E-state index in [0.29, 0.717) is 19.3 Å². The van der Waals surface area contributed by atoms with Crippen LogP contribution in [0.15, 0.2) is 0 Å². The second kappa shape index (κ2) is 49.4. The van der Waals surface area contributed by atoms with Crippen molar-refractivity contribution in [3.8, 4) is 0 Å². The van der Waals surface area contributed by atoms with Crippen molar-refractivity contribution in [3.05, 3.63) is 0 Å². The van der Waals surface area contributed by atoms with E-state index in [1.54, 1.807) is 0 Å². The molecule has 0 aliphatic rings. The summed E-state index contributed by atoms with van der Waals surface area (Å²) in [4.78, 5) is 38.0. The SMILES string of the molecule is CCCCCCCCCCCCCCCCCCCCC(=O)OC[C@@H](COC(=O)CCCCCCCCCCC(C)CC)OC(=O)CCCCCCCCCCCCCCC. The summed E-state index contributed by atoms with van der Waals surface area (Å²) in [5.41, 5.74) is 0. The van der Waals surface area contributed by atoms with E-state index < -0.39 is 6.10 Å². The highest BCUT2D eigenvalue weighted by molar-refractivity contribution is 5.71. The molecule has 6 heteroatoms. The maximum atomic E-state index is 12.8. The van der Waals surface area contributed by atoms with Crippen molar-refractivity contribution in [1.29, 1.82) is 0 Å². The van der Waals surface area contributed by atoms with Crippen molar-refractivity contribution in [1.82, 2.24) is 0 Å². The van der Waals surface area contributed by atoms with Crippen molar-refractivity contribution in [3.63, 3.8) is 0 Å². The van der Waals surface area contributed by atoms with Gasteiger partial charge in [0.2, 0.25) is 0 Å². The number of carbonyl (C=O) groups is 3. The minimum Gasteiger partial charge on any atom is -0.462 e. The van der Waals surface area contributed by atoms with Gasteiger partial charge in [-0.25, -0.2) is 0 Å². The molecule has 0 aliphatic carbocycles. The van der Waals surface area contributed by atoms with Gasteiger partial charge in [-0.2, -0.15) is 0 Å². The molecule has 0 aromatic rings. The van der Waals surface area contributed by atoms with Crippen LogP contribution in [0.2, 0.25) is 0 Å². The quantitative estimate of drug-likeness (QED) is 0.0344. The van der Waals surface area contributed by atoms with Crippen LogP contribution in [0.5, 0.6) is 0 Å². The average Bonchev–Trinajstić information content (AvgIpc) is 3.26. The molecule has 0 fully saturated rings. The smallest absolute Gasteiger partial charge is 0.306 e. The van der Waals surface area contributed by atoms with Crippen LogP contribution < -0.4 is 0 Å². The fourth-order valence-electron chi connectivity index (χ4n) is 8.36. The first kappa shape index (κ1) is 59.4. The van der Waals surface area contributed by atoms with Gasteiger partial charge >= 0.3 is 17.9 Å². The van der Waals surface area contributed by atoms with Crippen LogP contribution in [0.1, 0.15) is 310 Å². The average molecular weight is 863 g/mol. The molecule has 0 bridgehead atoms. The summed E-state index contributed by atoms with van der Waals surface area (Å²) in [6.07, 6.45) is 52.3. The number of hydrogen-bond donors (Lipinski definition) is 0. The number of rotatable bonds is 50. The van der Waals surface area contributed by atoms with Crippen LogP contribution in [-0.2, 0) is 28.6 Å². The molecule has 0 rings (SSSR count). The number of unbranched alkanes of at least 4 members (excludes halogenated alkanes) is 36. The van der Waals surface area contributed by atoms with Crippen LogP contribution in [0.3, 0.4) is 0 Å². The van der Waals surface area contributed by atoms with Crippen LogP contribution in [0.4, 0.5) is 0 Å². The van der Waals surface area contributed by atoms with Gasteiger partial charge in [-0.15, -0.1) is 0 Å². The second-order valence-corrected chi connectivity index (χ2v) is 19.1. The summed E-state index contributed by atoms with van der Waals surface area (Å²) in [6, 6.07) is 0. The van der Waals surface area contributed by atoms with Crippen molar-refractivity contribution in [2.45, 2.75) is 316 Å². The molecule has 2 atom stereocenters. The van der Waals surface area contributed by atoms with Crippen molar-refractivity contribution < 1.29 is 28.6 Å². The molecule has 6 nitrogen and oxygen atoms in total. The Morgan fingerprint density at radius 3 is 0.852 bits per heavy atom. The first-order chi connectivity index (χ1) is 29.9. The lowest BCUT2D eigenvalue weighted by atomic mass is 9.99. The summed E-state index contributed by atoms with van der Waals surface area (Å²) in [5.74, 6) is 0.00590. The largest absolute Gasteiger partial charge is 0.462 e. The lowest BCUT2D eigenvalue weighted by Gasteiger charge is -2.18. The lowest BCUT2D eigenvalue weighted by molar-refractivity contribution is -0.167. The van der Waals surface area contributed by atoms with Gasteiger partial charge in [0.1, 0.15) is 13.2 Å². The minimum absolute atomic E-state index is 0.0626. The molecule has 0 amide bonds. The number of esters is 3. The van der Waals surface area contributed by atoms with Gasteiger partial charge < -0.3 is 14.2 Å². The first-order valence-electron chi connectivity index (χ1n) is 27.4. The van der Waals surface area contributed by atoms with Crippen LogP contribution >= 0.6 is 0 Å². The summed E-state index contributed by atoms with van der Waals surface area (Å²) in [5, 5.41) is 0. The van der Waals surface area contributed by atoms with Gasteiger partial charge in [-0.3, -0.25) is 14.4 Å². The Hall–Kier alpha value is -1.59. The van der Waals surface area contributed by atoms with E-state index in [1.807, 2.05) is 0 Å². The predicted octanol–water partition coefficient (Wildman–Crippen LogP) is 17.8. The summed E-state index contributed by atoms with van der Waals surface area (Å²) >= 11 is 0. The fourth-order valence-corrected chi connectivity index (χ4v) is 8.36. The molecule has 0 aromatic heterocycles. The minimum atomic E-state index is -0.761. The van der Waals surface area contributed by atoms with E-state index in [-0.39, 0.29) is 31.1 Å². The molecule has 0 aliphatic heterocycles. The Labute approximate surface area is 380 Å². The monoisotopic (exact) mass is 863 g/mol. The van der Waals surface area contributed by atoms with Crippen molar-refractivity contribution in [2.75, 3.05) is 13.2 Å². The Bertz CT molecular complexity index is 920. The highest BCUT2D eigenvalue weighted by atomic mass is 16.6. The molecule has 362 valence electrons. The molecular formula is C55H106O6. The van der Waals surface area contributed by atoms with Gasteiger partial charge in [0.25, 0.3) is 0 Å². The molecule has 0 heterocycles. The van der Waals surface area contributed by atoms with Gasteiger partial charge in [0.05, 0.1) is 0 Å². The fraction of sp³-hybridized carbons (Fsp3) is 0.945. The van der Waals surface area contributed by atoms with Gasteiger partial charge in [0, 0.05) is 19.3 Å². The molecular weight excluding hydrogens is 757 g/mol. The topological polar surface area (TPSA) is 78.9 Å². The van der Waals surface area contributed by atoms with E-state index in [9.17, 15) is 14.4 Å². The zero-order chi connectivity index (χ0) is 44.5. The van der Waals surface area contributed by atoms with E-state index >= 15 is 0 Å². The van der Waals surface area contributed by atoms with Crippen LogP contribution in [-0.4, -0.2) is 37.2 Å². The normalized spacial score (nSPS) is 12.4. The van der Waals surface area contributed by atoms with Crippen LogP contribution in [0.25, 0.3) is 0 Å². The second-order valence-electron chi connectivity index (χ2n) is 19.1. The molecule has 0 radical (unpaired) electrons. The van der Waals surface area contributed by atoms with E-state index in [2.05, 4.69) is 27.7 Å². The summed E-state index contributed by atoms with van der Waals surface area (Å²) in [6.45, 7) is 9.04. The Morgan fingerprint density at radius 2 is 0.574 bits per heavy atom. The molecule has 61 heavy (non-hydrogen) atoms.